The van der Waals surface area contributed by atoms with Crippen molar-refractivity contribution in [3.63, 3.8) is 0 Å². The van der Waals surface area contributed by atoms with Crippen LogP contribution in [0.15, 0.2) is 24.3 Å². The molecular weight excluding hydrogens is 284 g/mol. The van der Waals surface area contributed by atoms with Gasteiger partial charge in [0.2, 0.25) is 5.91 Å². The van der Waals surface area contributed by atoms with Gasteiger partial charge in [0.05, 0.1) is 5.41 Å². The van der Waals surface area contributed by atoms with E-state index in [1.54, 1.807) is 0 Å². The molecule has 1 amide bonds. The molecule has 21 heavy (non-hydrogen) atoms. The van der Waals surface area contributed by atoms with Gasteiger partial charge < -0.3 is 15.2 Å². The van der Waals surface area contributed by atoms with Crippen LogP contribution in [0.4, 0.5) is 14.5 Å². The van der Waals surface area contributed by atoms with Crippen LogP contribution in [0.25, 0.3) is 0 Å². The van der Waals surface area contributed by atoms with Crippen LogP contribution in [-0.4, -0.2) is 23.6 Å². The van der Waals surface area contributed by atoms with Crippen molar-refractivity contribution >= 4 is 17.6 Å². The van der Waals surface area contributed by atoms with Crippen LogP contribution in [-0.2, 0) is 9.59 Å². The Morgan fingerprint density at radius 3 is 2.62 bits per heavy atom. The predicted molar refractivity (Wildman–Crippen MR) is 70.2 cm³/mol. The van der Waals surface area contributed by atoms with Crippen LogP contribution in [0.5, 0.6) is 5.75 Å². The van der Waals surface area contributed by atoms with Gasteiger partial charge in [0.1, 0.15) is 5.75 Å². The van der Waals surface area contributed by atoms with Crippen molar-refractivity contribution in [2.75, 3.05) is 5.32 Å². The minimum absolute atomic E-state index is 0.0700. The molecule has 7 heteroatoms. The topological polar surface area (TPSA) is 75.6 Å². The third-order valence-electron chi connectivity index (χ3n) is 3.61. The summed E-state index contributed by atoms with van der Waals surface area (Å²) in [7, 11) is 0. The summed E-state index contributed by atoms with van der Waals surface area (Å²) in [5.41, 5.74) is -0.695. The van der Waals surface area contributed by atoms with Gasteiger partial charge in [0.25, 0.3) is 0 Å². The predicted octanol–water partition coefficient (Wildman–Crippen LogP) is 2.87. The average Bonchev–Trinajstić information content (AvgIpc) is 2.33. The van der Waals surface area contributed by atoms with Gasteiger partial charge in [-0.25, -0.2) is 0 Å². The van der Waals surface area contributed by atoms with E-state index in [9.17, 15) is 18.4 Å². The minimum Gasteiger partial charge on any atom is -0.481 e. The summed E-state index contributed by atoms with van der Waals surface area (Å²) < 4.78 is 28.4. The Bertz CT molecular complexity index is 544. The van der Waals surface area contributed by atoms with E-state index >= 15 is 0 Å². The largest absolute Gasteiger partial charge is 0.481 e. The van der Waals surface area contributed by atoms with Gasteiger partial charge >= 0.3 is 12.6 Å². The first-order valence-corrected chi connectivity index (χ1v) is 6.49. The Morgan fingerprint density at radius 2 is 2.10 bits per heavy atom. The fourth-order valence-corrected chi connectivity index (χ4v) is 2.33. The second kappa shape index (κ2) is 6.07. The lowest BCUT2D eigenvalue weighted by Crippen LogP contribution is -2.41. The van der Waals surface area contributed by atoms with Crippen LogP contribution in [0, 0.1) is 5.41 Å². The molecular formula is C14H15F2NO4. The van der Waals surface area contributed by atoms with Gasteiger partial charge in [-0.15, -0.1) is 0 Å². The molecule has 0 aromatic heterocycles. The molecule has 1 aliphatic rings. The standard InChI is InChI=1S/C14H15F2NO4/c15-13(16)21-10-4-1-3-9(7-10)17-11(18)8-14(12(19)20)5-2-6-14/h1,3-4,7,13H,2,5-6,8H2,(H,17,18)(H,19,20). The van der Waals surface area contributed by atoms with Gasteiger partial charge in [-0.1, -0.05) is 12.5 Å². The molecule has 2 N–H and O–H groups in total. The van der Waals surface area contributed by atoms with E-state index in [0.29, 0.717) is 12.8 Å². The van der Waals surface area contributed by atoms with Crippen LogP contribution in [0.1, 0.15) is 25.7 Å². The molecule has 1 aromatic carbocycles. The van der Waals surface area contributed by atoms with Crippen LogP contribution >= 0.6 is 0 Å². The molecule has 0 unspecified atom stereocenters. The number of hydrogen-bond acceptors (Lipinski definition) is 3. The molecule has 0 atom stereocenters. The van der Waals surface area contributed by atoms with E-state index < -0.39 is 23.9 Å². The van der Waals surface area contributed by atoms with Gasteiger partial charge in [-0.3, -0.25) is 9.59 Å². The molecule has 1 aliphatic carbocycles. The molecule has 5 nitrogen and oxygen atoms in total. The summed E-state index contributed by atoms with van der Waals surface area (Å²) in [6.45, 7) is -2.94. The van der Waals surface area contributed by atoms with Crippen LogP contribution < -0.4 is 10.1 Å². The van der Waals surface area contributed by atoms with E-state index in [4.69, 9.17) is 5.11 Å². The molecule has 0 bridgehead atoms. The molecule has 2 rings (SSSR count). The van der Waals surface area contributed by atoms with E-state index in [2.05, 4.69) is 10.1 Å². The lowest BCUT2D eigenvalue weighted by molar-refractivity contribution is -0.157. The maximum Gasteiger partial charge on any atom is 0.387 e. The molecule has 0 spiro atoms. The molecule has 0 heterocycles. The van der Waals surface area contributed by atoms with Gasteiger partial charge in [-0.2, -0.15) is 8.78 Å². The van der Waals surface area contributed by atoms with Gasteiger partial charge in [0.15, 0.2) is 0 Å². The molecule has 0 aliphatic heterocycles. The van der Waals surface area contributed by atoms with Crippen molar-refractivity contribution < 1.29 is 28.2 Å². The summed E-state index contributed by atoms with van der Waals surface area (Å²) in [6, 6.07) is 5.58. The fraction of sp³-hybridized carbons (Fsp3) is 0.429. The number of rotatable bonds is 6. The SMILES string of the molecule is O=C(CC1(C(=O)O)CCC1)Nc1cccc(OC(F)F)c1. The lowest BCUT2D eigenvalue weighted by Gasteiger charge is -2.36. The van der Waals surface area contributed by atoms with Crippen molar-refractivity contribution in [2.24, 2.45) is 5.41 Å². The van der Waals surface area contributed by atoms with Gasteiger partial charge in [-0.05, 0) is 25.0 Å². The Balaban J connectivity index is 1.98. The summed E-state index contributed by atoms with van der Waals surface area (Å²) in [4.78, 5) is 23.1. The second-order valence-corrected chi connectivity index (χ2v) is 5.07. The summed E-state index contributed by atoms with van der Waals surface area (Å²) >= 11 is 0. The third-order valence-corrected chi connectivity index (χ3v) is 3.61. The number of carbonyl (C=O) groups is 2. The first kappa shape index (κ1) is 15.2. The minimum atomic E-state index is -2.94. The number of alkyl halides is 2. The summed E-state index contributed by atoms with van der Waals surface area (Å²) in [5, 5.41) is 11.7. The van der Waals surface area contributed by atoms with Crippen LogP contribution in [0.2, 0.25) is 0 Å². The highest BCUT2D eigenvalue weighted by atomic mass is 19.3. The van der Waals surface area contributed by atoms with Gasteiger partial charge in [0, 0.05) is 18.2 Å². The third kappa shape index (κ3) is 3.68. The Hall–Kier alpha value is -2.18. The van der Waals surface area contributed by atoms with E-state index in [0.717, 1.165) is 6.42 Å². The number of anilines is 1. The highest BCUT2D eigenvalue weighted by Gasteiger charge is 2.45. The number of aliphatic carboxylic acids is 1. The smallest absolute Gasteiger partial charge is 0.387 e. The molecule has 1 aromatic rings. The molecule has 0 radical (unpaired) electrons. The number of nitrogens with one attached hydrogen (secondary N) is 1. The number of carbonyl (C=O) groups excluding carboxylic acids is 1. The lowest BCUT2D eigenvalue weighted by atomic mass is 9.66. The quantitative estimate of drug-likeness (QED) is 0.847. The molecule has 1 saturated carbocycles. The Labute approximate surface area is 119 Å². The average molecular weight is 299 g/mol. The Kier molecular flexibility index (Phi) is 4.40. The van der Waals surface area contributed by atoms with E-state index in [1.807, 2.05) is 0 Å². The van der Waals surface area contributed by atoms with Crippen LogP contribution in [0.3, 0.4) is 0 Å². The Morgan fingerprint density at radius 1 is 1.38 bits per heavy atom. The first-order valence-electron chi connectivity index (χ1n) is 6.49. The zero-order chi connectivity index (χ0) is 15.5. The van der Waals surface area contributed by atoms with Crippen molar-refractivity contribution in [2.45, 2.75) is 32.3 Å². The van der Waals surface area contributed by atoms with Crippen molar-refractivity contribution in [3.05, 3.63) is 24.3 Å². The maximum absolute atomic E-state index is 12.1. The zero-order valence-corrected chi connectivity index (χ0v) is 11.1. The van der Waals surface area contributed by atoms with Crippen molar-refractivity contribution in [3.8, 4) is 5.75 Å². The fourth-order valence-electron chi connectivity index (χ4n) is 2.33. The number of carboxylic acids is 1. The number of ether oxygens (including phenoxy) is 1. The zero-order valence-electron chi connectivity index (χ0n) is 11.1. The number of halogens is 2. The maximum atomic E-state index is 12.1. The molecule has 1 fully saturated rings. The number of hydrogen-bond donors (Lipinski definition) is 2. The van der Waals surface area contributed by atoms with E-state index in [1.165, 1.54) is 24.3 Å². The van der Waals surface area contributed by atoms with E-state index in [-0.39, 0.29) is 17.9 Å². The first-order chi connectivity index (χ1) is 9.91. The number of benzene rings is 1. The monoisotopic (exact) mass is 299 g/mol. The summed E-state index contributed by atoms with van der Waals surface area (Å²) in [5.74, 6) is -1.50. The normalized spacial score (nSPS) is 16.1. The van der Waals surface area contributed by atoms with Crippen molar-refractivity contribution in [1.82, 2.24) is 0 Å². The number of carboxylic acid groups (broad SMARTS) is 1. The highest BCUT2D eigenvalue weighted by molar-refractivity contribution is 5.94. The number of amides is 1. The second-order valence-electron chi connectivity index (χ2n) is 5.07. The highest BCUT2D eigenvalue weighted by Crippen LogP contribution is 2.44. The van der Waals surface area contributed by atoms with Crippen molar-refractivity contribution in [1.29, 1.82) is 0 Å². The molecule has 0 saturated heterocycles. The molecule has 114 valence electrons. The summed E-state index contributed by atoms with van der Waals surface area (Å²) in [6.07, 6.45) is 1.62.